The van der Waals surface area contributed by atoms with Gasteiger partial charge in [0.2, 0.25) is 0 Å². The van der Waals surface area contributed by atoms with Crippen LogP contribution in [0.15, 0.2) is 14.4 Å². The first-order valence-corrected chi connectivity index (χ1v) is 11.0. The SMILES string of the molecule is CO[Si](OC)(OC)OCCCn1c(=O)n(CC2CO2)c(=O)n(CC2(O)CC2)c1=O. The van der Waals surface area contributed by atoms with Crippen LogP contribution in [0.25, 0.3) is 0 Å². The van der Waals surface area contributed by atoms with Gasteiger partial charge in [-0.25, -0.2) is 28.1 Å². The number of nitrogens with zero attached hydrogens (tertiary/aromatic N) is 3. The summed E-state index contributed by atoms with van der Waals surface area (Å²) in [6.45, 7) is 0.520. The molecule has 2 aliphatic rings. The van der Waals surface area contributed by atoms with E-state index in [4.69, 9.17) is 22.4 Å². The van der Waals surface area contributed by atoms with Gasteiger partial charge in [0.25, 0.3) is 0 Å². The Morgan fingerprint density at radius 3 is 2.10 bits per heavy atom. The van der Waals surface area contributed by atoms with E-state index in [-0.39, 0.29) is 38.8 Å². The zero-order valence-electron chi connectivity index (χ0n) is 16.8. The van der Waals surface area contributed by atoms with E-state index < -0.39 is 31.7 Å². The molecule has 0 amide bonds. The standard InChI is InChI=1S/C16H27N3O9Si/c1-24-29(25-2,26-3)28-8-4-7-17-13(20)18(9-12-10-27-12)15(22)19(14(17)21)11-16(23)5-6-16/h12,23H,4-11H2,1-3H3. The monoisotopic (exact) mass is 433 g/mol. The van der Waals surface area contributed by atoms with Crippen molar-refractivity contribution >= 4 is 9.05 Å². The fourth-order valence-electron chi connectivity index (χ4n) is 2.99. The lowest BCUT2D eigenvalue weighted by Crippen LogP contribution is -2.56. The average molecular weight is 433 g/mol. The summed E-state index contributed by atoms with van der Waals surface area (Å²) in [7, 11) is 0.985. The van der Waals surface area contributed by atoms with Crippen LogP contribution >= 0.6 is 0 Å². The number of ether oxygens (including phenoxy) is 1. The van der Waals surface area contributed by atoms with Gasteiger partial charge in [0.1, 0.15) is 0 Å². The summed E-state index contributed by atoms with van der Waals surface area (Å²) in [5.74, 6) is 0. The first-order valence-electron chi connectivity index (χ1n) is 9.36. The second-order valence-electron chi connectivity index (χ2n) is 7.19. The Balaban J connectivity index is 1.81. The molecular weight excluding hydrogens is 406 g/mol. The minimum Gasteiger partial charge on any atom is -0.388 e. The van der Waals surface area contributed by atoms with Crippen molar-refractivity contribution < 1.29 is 27.5 Å². The molecule has 2 heterocycles. The highest BCUT2D eigenvalue weighted by Gasteiger charge is 2.43. The molecule has 1 aliphatic carbocycles. The molecule has 1 unspecified atom stereocenters. The summed E-state index contributed by atoms with van der Waals surface area (Å²) in [6.07, 6.45) is 1.08. The number of hydrogen-bond acceptors (Lipinski definition) is 9. The number of aromatic nitrogens is 3. The average Bonchev–Trinajstić information content (AvgIpc) is 3.64. The van der Waals surface area contributed by atoms with Crippen molar-refractivity contribution in [2.45, 2.75) is 50.6 Å². The van der Waals surface area contributed by atoms with Crippen LogP contribution in [0.5, 0.6) is 0 Å². The maximum absolute atomic E-state index is 12.8. The molecule has 1 aliphatic heterocycles. The fraction of sp³-hybridized carbons (Fsp3) is 0.812. The molecule has 1 N–H and O–H groups in total. The molecule has 1 aromatic heterocycles. The third kappa shape index (κ3) is 4.94. The van der Waals surface area contributed by atoms with Gasteiger partial charge >= 0.3 is 26.1 Å². The molecule has 1 atom stereocenters. The summed E-state index contributed by atoms with van der Waals surface area (Å²) in [5.41, 5.74) is -3.25. The number of rotatable bonds is 12. The zero-order chi connectivity index (χ0) is 21.2. The van der Waals surface area contributed by atoms with E-state index in [1.165, 1.54) is 21.3 Å². The Labute approximate surface area is 167 Å². The lowest BCUT2D eigenvalue weighted by Gasteiger charge is -2.23. The van der Waals surface area contributed by atoms with Gasteiger partial charge in [0, 0.05) is 34.5 Å². The quantitative estimate of drug-likeness (QED) is 0.223. The third-order valence-electron chi connectivity index (χ3n) is 5.01. The maximum atomic E-state index is 12.8. The summed E-state index contributed by atoms with van der Waals surface area (Å²) >= 11 is 0. The summed E-state index contributed by atoms with van der Waals surface area (Å²) in [4.78, 5) is 38.2. The van der Waals surface area contributed by atoms with E-state index in [9.17, 15) is 19.5 Å². The lowest BCUT2D eigenvalue weighted by atomic mass is 10.3. The number of aliphatic hydroxyl groups is 1. The normalized spacial score (nSPS) is 20.1. The minimum absolute atomic E-state index is 0.0174. The molecule has 3 rings (SSSR count). The van der Waals surface area contributed by atoms with E-state index in [1.54, 1.807) is 0 Å². The van der Waals surface area contributed by atoms with Crippen LogP contribution in [-0.4, -0.2) is 74.1 Å². The fourth-order valence-corrected chi connectivity index (χ4v) is 4.23. The van der Waals surface area contributed by atoms with Crippen molar-refractivity contribution in [2.24, 2.45) is 0 Å². The molecule has 1 saturated heterocycles. The van der Waals surface area contributed by atoms with Crippen LogP contribution in [0.4, 0.5) is 0 Å². The van der Waals surface area contributed by atoms with Crippen molar-refractivity contribution in [3.05, 3.63) is 31.5 Å². The van der Waals surface area contributed by atoms with Crippen LogP contribution in [-0.2, 0) is 42.1 Å². The zero-order valence-corrected chi connectivity index (χ0v) is 17.8. The smallest absolute Gasteiger partial charge is 0.388 e. The van der Waals surface area contributed by atoms with Crippen LogP contribution in [0, 0.1) is 0 Å². The molecule has 0 aromatic carbocycles. The molecule has 1 aromatic rings. The molecule has 2 fully saturated rings. The molecule has 0 bridgehead atoms. The van der Waals surface area contributed by atoms with Gasteiger partial charge in [0.05, 0.1) is 31.4 Å². The maximum Gasteiger partial charge on any atom is 0.678 e. The molecule has 164 valence electrons. The van der Waals surface area contributed by atoms with Gasteiger partial charge in [-0.15, -0.1) is 0 Å². The van der Waals surface area contributed by atoms with E-state index in [1.807, 2.05) is 0 Å². The Bertz CT molecular complexity index is 888. The van der Waals surface area contributed by atoms with Gasteiger partial charge in [-0.2, -0.15) is 0 Å². The minimum atomic E-state index is -3.23. The topological polar surface area (TPSA) is 136 Å². The number of hydrogen-bond donors (Lipinski definition) is 1. The van der Waals surface area contributed by atoms with E-state index in [2.05, 4.69) is 0 Å². The predicted octanol–water partition coefficient (Wildman–Crippen LogP) is -2.12. The lowest BCUT2D eigenvalue weighted by molar-refractivity contribution is 0.00464. The summed E-state index contributed by atoms with van der Waals surface area (Å²) < 4.78 is 29.0. The predicted molar refractivity (Wildman–Crippen MR) is 100 cm³/mol. The summed E-state index contributed by atoms with van der Waals surface area (Å²) in [6, 6.07) is 0. The number of epoxide rings is 1. The Kier molecular flexibility index (Phi) is 6.57. The van der Waals surface area contributed by atoms with Crippen molar-refractivity contribution in [3.63, 3.8) is 0 Å². The van der Waals surface area contributed by atoms with Crippen LogP contribution in [0.2, 0.25) is 0 Å². The van der Waals surface area contributed by atoms with E-state index in [0.717, 1.165) is 13.7 Å². The van der Waals surface area contributed by atoms with Gasteiger partial charge in [-0.1, -0.05) is 0 Å². The Hall–Kier alpha value is -1.61. The van der Waals surface area contributed by atoms with E-state index >= 15 is 0 Å². The largest absolute Gasteiger partial charge is 0.678 e. The van der Waals surface area contributed by atoms with Crippen LogP contribution in [0.1, 0.15) is 19.3 Å². The Morgan fingerprint density at radius 1 is 1.03 bits per heavy atom. The molecule has 12 nitrogen and oxygen atoms in total. The second-order valence-corrected chi connectivity index (χ2v) is 9.70. The molecule has 1 saturated carbocycles. The van der Waals surface area contributed by atoms with Gasteiger partial charge < -0.3 is 27.5 Å². The van der Waals surface area contributed by atoms with Crippen molar-refractivity contribution in [1.29, 1.82) is 0 Å². The molecule has 29 heavy (non-hydrogen) atoms. The second kappa shape index (κ2) is 8.63. The van der Waals surface area contributed by atoms with Crippen LogP contribution in [0.3, 0.4) is 0 Å². The first kappa shape index (κ1) is 22.1. The van der Waals surface area contributed by atoms with Crippen molar-refractivity contribution in [3.8, 4) is 0 Å². The molecule has 13 heteroatoms. The van der Waals surface area contributed by atoms with Gasteiger partial charge in [-0.05, 0) is 19.3 Å². The van der Waals surface area contributed by atoms with Crippen molar-refractivity contribution in [1.82, 2.24) is 13.7 Å². The third-order valence-corrected chi connectivity index (χ3v) is 7.07. The molecule has 0 spiro atoms. The highest BCUT2D eigenvalue weighted by atomic mass is 28.4. The first-order chi connectivity index (χ1) is 13.8. The summed E-state index contributed by atoms with van der Waals surface area (Å²) in [5, 5.41) is 10.2. The highest BCUT2D eigenvalue weighted by molar-refractivity contribution is 6.53. The van der Waals surface area contributed by atoms with Crippen LogP contribution < -0.4 is 17.1 Å². The van der Waals surface area contributed by atoms with Gasteiger partial charge in [-0.3, -0.25) is 0 Å². The Morgan fingerprint density at radius 2 is 1.59 bits per heavy atom. The van der Waals surface area contributed by atoms with Gasteiger partial charge in [0.15, 0.2) is 0 Å². The molecule has 0 radical (unpaired) electrons. The highest BCUT2D eigenvalue weighted by Crippen LogP contribution is 2.35. The molecular formula is C16H27N3O9Si. The van der Waals surface area contributed by atoms with E-state index in [0.29, 0.717) is 19.4 Å². The van der Waals surface area contributed by atoms with Crippen molar-refractivity contribution in [2.75, 3.05) is 34.5 Å².